The monoisotopic (exact) mass is 388 g/mol. The lowest BCUT2D eigenvalue weighted by molar-refractivity contribution is -0.210. The van der Waals surface area contributed by atoms with Crippen LogP contribution in [0, 0.1) is 22.7 Å². The van der Waals surface area contributed by atoms with Gasteiger partial charge in [0.1, 0.15) is 17.1 Å². The number of ether oxygens (including phenoxy) is 2. The number of aliphatic hydroxyl groups is 2. The molecule has 154 valence electrons. The number of phenolic OH excluding ortho intramolecular Hbond substituents is 1. The number of hydrogen-bond donors (Lipinski definition) is 3. The second kappa shape index (κ2) is 5.65. The van der Waals surface area contributed by atoms with Gasteiger partial charge in [-0.1, -0.05) is 27.7 Å². The van der Waals surface area contributed by atoms with Crippen LogP contribution in [0.5, 0.6) is 11.5 Å². The van der Waals surface area contributed by atoms with Crippen molar-refractivity contribution in [2.45, 2.75) is 84.4 Å². The summed E-state index contributed by atoms with van der Waals surface area (Å²) in [6, 6.07) is 1.65. The van der Waals surface area contributed by atoms with Crippen LogP contribution in [-0.2, 0) is 17.8 Å². The highest BCUT2D eigenvalue weighted by Gasteiger charge is 2.67. The highest BCUT2D eigenvalue weighted by atomic mass is 16.6. The van der Waals surface area contributed by atoms with Crippen LogP contribution in [0.15, 0.2) is 6.07 Å². The summed E-state index contributed by atoms with van der Waals surface area (Å²) in [4.78, 5) is 0. The Hall–Kier alpha value is -1.30. The van der Waals surface area contributed by atoms with E-state index >= 15 is 0 Å². The van der Waals surface area contributed by atoms with E-state index in [1.165, 1.54) is 0 Å². The summed E-state index contributed by atoms with van der Waals surface area (Å²) in [6.45, 7) is 9.33. The van der Waals surface area contributed by atoms with Crippen molar-refractivity contribution in [3.8, 4) is 11.5 Å². The zero-order valence-corrected chi connectivity index (χ0v) is 17.3. The third kappa shape index (κ3) is 2.08. The molecule has 5 heteroatoms. The molecule has 28 heavy (non-hydrogen) atoms. The first-order valence-electron chi connectivity index (χ1n) is 10.7. The number of hydrogen-bond acceptors (Lipinski definition) is 5. The van der Waals surface area contributed by atoms with Crippen molar-refractivity contribution < 1.29 is 24.8 Å². The van der Waals surface area contributed by atoms with E-state index in [0.717, 1.165) is 42.6 Å². The molecule has 2 heterocycles. The fourth-order valence-corrected chi connectivity index (χ4v) is 7.19. The quantitative estimate of drug-likeness (QED) is 0.630. The summed E-state index contributed by atoms with van der Waals surface area (Å²) < 4.78 is 12.3. The van der Waals surface area contributed by atoms with Crippen molar-refractivity contribution >= 4 is 0 Å². The zero-order chi connectivity index (χ0) is 20.1. The molecule has 5 nitrogen and oxygen atoms in total. The van der Waals surface area contributed by atoms with Gasteiger partial charge >= 0.3 is 0 Å². The molecule has 1 spiro atoms. The minimum atomic E-state index is -0.998. The Morgan fingerprint density at radius 2 is 1.82 bits per heavy atom. The van der Waals surface area contributed by atoms with E-state index in [2.05, 4.69) is 27.7 Å². The summed E-state index contributed by atoms with van der Waals surface area (Å²) in [5.41, 5.74) is 1.69. The maximum absolute atomic E-state index is 10.8. The fourth-order valence-electron chi connectivity index (χ4n) is 7.19. The van der Waals surface area contributed by atoms with Gasteiger partial charge in [0.05, 0.1) is 12.7 Å². The molecule has 6 atom stereocenters. The smallest absolute Gasteiger partial charge is 0.182 e. The molecule has 0 unspecified atom stereocenters. The maximum atomic E-state index is 10.8. The number of benzene rings is 1. The lowest BCUT2D eigenvalue weighted by atomic mass is 9.43. The summed E-state index contributed by atoms with van der Waals surface area (Å²) in [5.74, 6) is 1.62. The van der Waals surface area contributed by atoms with Gasteiger partial charge < -0.3 is 24.8 Å². The molecule has 2 fully saturated rings. The SMILES string of the molecule is C[C@H]1CC[C@@H]2C(C)(C)[C@H](O)CC[C@]2(C)[C@]12Cc1c(O)cc3c(c1O2)CO[C@H]3O. The number of phenols is 1. The predicted molar refractivity (Wildman–Crippen MR) is 104 cm³/mol. The van der Waals surface area contributed by atoms with Crippen molar-refractivity contribution in [3.63, 3.8) is 0 Å². The summed E-state index contributed by atoms with van der Waals surface area (Å²) in [5, 5.41) is 31.6. The van der Waals surface area contributed by atoms with E-state index in [4.69, 9.17) is 9.47 Å². The van der Waals surface area contributed by atoms with Crippen LogP contribution in [0.1, 0.15) is 76.4 Å². The van der Waals surface area contributed by atoms with Gasteiger partial charge in [-0.3, -0.25) is 0 Å². The van der Waals surface area contributed by atoms with Crippen LogP contribution < -0.4 is 4.74 Å². The number of rotatable bonds is 0. The molecule has 0 amide bonds. The minimum absolute atomic E-state index is 0.0934. The molecule has 2 aliphatic heterocycles. The molecule has 1 aromatic carbocycles. The van der Waals surface area contributed by atoms with Crippen molar-refractivity contribution in [2.24, 2.45) is 22.7 Å². The number of fused-ring (bicyclic) bond motifs is 5. The van der Waals surface area contributed by atoms with Gasteiger partial charge in [-0.25, -0.2) is 0 Å². The van der Waals surface area contributed by atoms with Gasteiger partial charge in [0, 0.05) is 28.5 Å². The Labute approximate surface area is 166 Å². The molecular formula is C23H32O5. The number of aromatic hydroxyl groups is 1. The average molecular weight is 389 g/mol. The van der Waals surface area contributed by atoms with Crippen LogP contribution in [-0.4, -0.2) is 27.0 Å². The van der Waals surface area contributed by atoms with Crippen molar-refractivity contribution in [3.05, 3.63) is 22.8 Å². The van der Waals surface area contributed by atoms with Crippen molar-refractivity contribution in [2.75, 3.05) is 0 Å². The lowest BCUT2D eigenvalue weighted by Gasteiger charge is -2.64. The molecule has 1 aromatic rings. The molecule has 3 N–H and O–H groups in total. The van der Waals surface area contributed by atoms with Crippen molar-refractivity contribution in [1.29, 1.82) is 0 Å². The molecule has 0 bridgehead atoms. The van der Waals surface area contributed by atoms with Crippen LogP contribution in [0.2, 0.25) is 0 Å². The molecule has 5 rings (SSSR count). The van der Waals surface area contributed by atoms with Crippen molar-refractivity contribution in [1.82, 2.24) is 0 Å². The van der Waals surface area contributed by atoms with Gasteiger partial charge in [-0.05, 0) is 49.0 Å². The number of aliphatic hydroxyl groups excluding tert-OH is 2. The Balaban J connectivity index is 1.64. The van der Waals surface area contributed by atoms with E-state index in [9.17, 15) is 15.3 Å². The fraction of sp³-hybridized carbons (Fsp3) is 0.739. The second-order valence-corrected chi connectivity index (χ2v) is 10.4. The third-order valence-corrected chi connectivity index (χ3v) is 8.99. The lowest BCUT2D eigenvalue weighted by Crippen LogP contribution is -2.66. The molecule has 0 aromatic heterocycles. The van der Waals surface area contributed by atoms with E-state index in [-0.39, 0.29) is 22.7 Å². The Kier molecular flexibility index (Phi) is 3.77. The Bertz CT molecular complexity index is 833. The highest BCUT2D eigenvalue weighted by Crippen LogP contribution is 2.67. The Morgan fingerprint density at radius 1 is 1.07 bits per heavy atom. The predicted octanol–water partition coefficient (Wildman–Crippen LogP) is 3.82. The summed E-state index contributed by atoms with van der Waals surface area (Å²) in [7, 11) is 0. The summed E-state index contributed by atoms with van der Waals surface area (Å²) >= 11 is 0. The second-order valence-electron chi connectivity index (χ2n) is 10.4. The first kappa shape index (κ1) is 18.7. The third-order valence-electron chi connectivity index (χ3n) is 8.99. The largest absolute Gasteiger partial charge is 0.508 e. The normalized spacial score (nSPS) is 43.4. The molecular weight excluding hydrogens is 356 g/mol. The molecule has 0 radical (unpaired) electrons. The van der Waals surface area contributed by atoms with Gasteiger partial charge in [0.2, 0.25) is 0 Å². The minimum Gasteiger partial charge on any atom is -0.508 e. The average Bonchev–Trinajstić information content (AvgIpc) is 3.20. The Morgan fingerprint density at radius 3 is 2.57 bits per heavy atom. The highest BCUT2D eigenvalue weighted by molar-refractivity contribution is 5.58. The van der Waals surface area contributed by atoms with Crippen LogP contribution >= 0.6 is 0 Å². The molecule has 0 saturated heterocycles. The first-order chi connectivity index (χ1) is 13.1. The van der Waals surface area contributed by atoms with Crippen LogP contribution in [0.25, 0.3) is 0 Å². The molecule has 4 aliphatic rings. The van der Waals surface area contributed by atoms with Gasteiger partial charge in [-0.15, -0.1) is 0 Å². The van der Waals surface area contributed by atoms with Crippen LogP contribution in [0.3, 0.4) is 0 Å². The van der Waals surface area contributed by atoms with E-state index in [0.29, 0.717) is 30.4 Å². The first-order valence-corrected chi connectivity index (χ1v) is 10.7. The topological polar surface area (TPSA) is 79.2 Å². The van der Waals surface area contributed by atoms with E-state index in [1.807, 2.05) is 0 Å². The summed E-state index contributed by atoms with van der Waals surface area (Å²) in [6.07, 6.45) is 3.23. The molecule has 2 saturated carbocycles. The zero-order valence-electron chi connectivity index (χ0n) is 17.3. The van der Waals surface area contributed by atoms with E-state index < -0.39 is 11.9 Å². The van der Waals surface area contributed by atoms with E-state index in [1.54, 1.807) is 6.07 Å². The molecule has 2 aliphatic carbocycles. The van der Waals surface area contributed by atoms with Crippen LogP contribution in [0.4, 0.5) is 0 Å². The van der Waals surface area contributed by atoms with Gasteiger partial charge in [0.25, 0.3) is 0 Å². The maximum Gasteiger partial charge on any atom is 0.182 e. The van der Waals surface area contributed by atoms with Gasteiger partial charge in [0.15, 0.2) is 6.29 Å². The van der Waals surface area contributed by atoms with Gasteiger partial charge in [-0.2, -0.15) is 0 Å². The standard InChI is InChI=1S/C23H32O5/c1-12-5-6-17-21(2,3)18(25)7-8-22(17,4)23(12)10-14-16(24)9-13-15(19(14)28-23)11-27-20(13)26/h9,12,17-18,20,24-26H,5-8,10-11H2,1-4H3/t12-,17+,18+,20+,22-,23-/m0/s1.